The van der Waals surface area contributed by atoms with E-state index in [1.54, 1.807) is 12.2 Å². The molecule has 5 nitrogen and oxygen atoms in total. The van der Waals surface area contributed by atoms with Crippen LogP contribution in [0, 0.1) is 22.7 Å². The van der Waals surface area contributed by atoms with Crippen molar-refractivity contribution in [3.8, 4) is 0 Å². The Labute approximate surface area is 196 Å². The Morgan fingerprint density at radius 2 is 1.91 bits per heavy atom. The largest absolute Gasteiger partial charge is 0.457 e. The second-order valence-corrected chi connectivity index (χ2v) is 16.0. The fourth-order valence-electron chi connectivity index (χ4n) is 6.98. The number of hydrogen-bond acceptors (Lipinski definition) is 5. The number of esters is 1. The molecule has 0 bridgehead atoms. The van der Waals surface area contributed by atoms with Gasteiger partial charge in [0, 0.05) is 29.2 Å². The van der Waals surface area contributed by atoms with E-state index in [9.17, 15) is 14.4 Å². The molecule has 0 aromatic carbocycles. The molecule has 0 saturated heterocycles. The lowest BCUT2D eigenvalue weighted by molar-refractivity contribution is -0.179. The SMILES string of the molecule is CC(=O)OCC(=O)C1=CC[C@H]2[C@@H]3CCC4=CC(=O)C=C[C@]4(C)[C@@]3(F)[C@@H](O[Si](C)(C)C)C[C@]12C. The van der Waals surface area contributed by atoms with E-state index >= 15 is 4.39 Å². The van der Waals surface area contributed by atoms with E-state index in [-0.39, 0.29) is 30.0 Å². The van der Waals surface area contributed by atoms with Gasteiger partial charge in [0.15, 0.2) is 32.2 Å². The van der Waals surface area contributed by atoms with Crippen LogP contribution < -0.4 is 0 Å². The fourth-order valence-corrected chi connectivity index (χ4v) is 8.09. The van der Waals surface area contributed by atoms with Crippen LogP contribution in [0.4, 0.5) is 4.39 Å². The molecule has 33 heavy (non-hydrogen) atoms. The Balaban J connectivity index is 1.77. The molecule has 7 heteroatoms. The molecule has 4 aliphatic rings. The summed E-state index contributed by atoms with van der Waals surface area (Å²) in [5.74, 6) is -1.15. The normalized spacial score (nSPS) is 39.7. The molecule has 0 spiro atoms. The molecule has 2 fully saturated rings. The van der Waals surface area contributed by atoms with Crippen molar-refractivity contribution >= 4 is 25.9 Å². The second-order valence-electron chi connectivity index (χ2n) is 11.5. The van der Waals surface area contributed by atoms with Crippen LogP contribution in [-0.2, 0) is 23.5 Å². The van der Waals surface area contributed by atoms with Crippen LogP contribution in [0.2, 0.25) is 19.6 Å². The Bertz CT molecular complexity index is 991. The van der Waals surface area contributed by atoms with Gasteiger partial charge in [-0.05, 0) is 70.3 Å². The van der Waals surface area contributed by atoms with Gasteiger partial charge in [-0.3, -0.25) is 14.4 Å². The van der Waals surface area contributed by atoms with Crippen molar-refractivity contribution in [2.45, 2.75) is 77.9 Å². The number of ketones is 2. The van der Waals surface area contributed by atoms with Gasteiger partial charge in [0.25, 0.3) is 0 Å². The van der Waals surface area contributed by atoms with Gasteiger partial charge in [-0.25, -0.2) is 4.39 Å². The van der Waals surface area contributed by atoms with Crippen molar-refractivity contribution in [1.29, 1.82) is 0 Å². The van der Waals surface area contributed by atoms with Gasteiger partial charge < -0.3 is 9.16 Å². The van der Waals surface area contributed by atoms with Gasteiger partial charge >= 0.3 is 5.97 Å². The number of carbonyl (C=O) groups is 3. The van der Waals surface area contributed by atoms with Gasteiger partial charge in [-0.15, -0.1) is 0 Å². The highest BCUT2D eigenvalue weighted by Gasteiger charge is 2.70. The van der Waals surface area contributed by atoms with E-state index in [1.807, 2.05) is 13.0 Å². The molecular formula is C26H35FO5Si. The molecule has 6 atom stereocenters. The van der Waals surface area contributed by atoms with Crippen LogP contribution in [0.25, 0.3) is 0 Å². The first-order valence-corrected chi connectivity index (χ1v) is 15.3. The Morgan fingerprint density at radius 1 is 1.21 bits per heavy atom. The number of alkyl halides is 1. The third-order valence-corrected chi connectivity index (χ3v) is 9.39. The Morgan fingerprint density at radius 3 is 2.55 bits per heavy atom. The lowest BCUT2D eigenvalue weighted by Crippen LogP contribution is -2.68. The van der Waals surface area contributed by atoms with Crippen molar-refractivity contribution in [1.82, 2.24) is 0 Å². The molecule has 4 aliphatic carbocycles. The molecule has 4 rings (SSSR count). The topological polar surface area (TPSA) is 69.7 Å². The summed E-state index contributed by atoms with van der Waals surface area (Å²) in [6.07, 6.45) is 8.37. The maximum Gasteiger partial charge on any atom is 0.303 e. The molecular weight excluding hydrogens is 439 g/mol. The highest BCUT2D eigenvalue weighted by Crippen LogP contribution is 2.68. The molecule has 0 amide bonds. The van der Waals surface area contributed by atoms with Gasteiger partial charge in [-0.1, -0.05) is 24.6 Å². The summed E-state index contributed by atoms with van der Waals surface area (Å²) in [6.45, 7) is 11.1. The van der Waals surface area contributed by atoms with E-state index in [4.69, 9.17) is 9.16 Å². The molecule has 0 aromatic heterocycles. The van der Waals surface area contributed by atoms with Crippen LogP contribution >= 0.6 is 0 Å². The Kier molecular flexibility index (Phi) is 5.76. The summed E-state index contributed by atoms with van der Waals surface area (Å²) in [5, 5.41) is 0. The Hall–Kier alpha value is -1.86. The highest BCUT2D eigenvalue weighted by atomic mass is 28.4. The van der Waals surface area contributed by atoms with Crippen molar-refractivity contribution in [3.05, 3.63) is 35.5 Å². The lowest BCUT2D eigenvalue weighted by atomic mass is 9.45. The maximum absolute atomic E-state index is 17.8. The molecule has 0 heterocycles. The van der Waals surface area contributed by atoms with Crippen LogP contribution in [0.1, 0.15) is 46.5 Å². The number of hydrogen-bond donors (Lipinski definition) is 0. The zero-order valence-electron chi connectivity index (χ0n) is 20.5. The number of ether oxygens (including phenoxy) is 1. The zero-order valence-corrected chi connectivity index (χ0v) is 21.5. The van der Waals surface area contributed by atoms with Gasteiger partial charge in [0.1, 0.15) is 0 Å². The predicted molar refractivity (Wildman–Crippen MR) is 126 cm³/mol. The fraction of sp³-hybridized carbons (Fsp3) is 0.654. The number of rotatable bonds is 5. The summed E-state index contributed by atoms with van der Waals surface area (Å²) in [5.41, 5.74) is -1.66. The van der Waals surface area contributed by atoms with Crippen molar-refractivity contribution in [2.24, 2.45) is 22.7 Å². The van der Waals surface area contributed by atoms with Crippen molar-refractivity contribution in [2.75, 3.05) is 6.61 Å². The average molecular weight is 475 g/mol. The molecule has 0 unspecified atom stereocenters. The molecule has 0 aromatic rings. The van der Waals surface area contributed by atoms with Crippen LogP contribution in [-0.4, -0.2) is 44.2 Å². The number of halogens is 1. The second kappa shape index (κ2) is 7.84. The lowest BCUT2D eigenvalue weighted by Gasteiger charge is -2.63. The minimum atomic E-state index is -2.15. The minimum Gasteiger partial charge on any atom is -0.457 e. The van der Waals surface area contributed by atoms with E-state index in [1.165, 1.54) is 13.0 Å². The summed E-state index contributed by atoms with van der Waals surface area (Å²) in [4.78, 5) is 36.4. The van der Waals surface area contributed by atoms with E-state index < -0.39 is 36.9 Å². The average Bonchev–Trinajstić information content (AvgIpc) is 3.03. The van der Waals surface area contributed by atoms with Crippen LogP contribution in [0.15, 0.2) is 35.5 Å². The van der Waals surface area contributed by atoms with Gasteiger partial charge in [0.05, 0.1) is 6.10 Å². The molecule has 0 radical (unpaired) electrons. The first-order valence-electron chi connectivity index (χ1n) is 11.9. The molecule has 180 valence electrons. The van der Waals surface area contributed by atoms with E-state index in [0.29, 0.717) is 31.3 Å². The summed E-state index contributed by atoms with van der Waals surface area (Å²) < 4.78 is 29.3. The van der Waals surface area contributed by atoms with Crippen LogP contribution in [0.3, 0.4) is 0 Å². The standard InChI is InChI=1S/C26H35FO5Si/c1-16(28)31-15-22(30)21-10-9-19-20-8-7-17-13-18(29)11-12-25(17,3)26(20,27)23(14-24(19,21)2)32-33(4,5)6/h10-13,19-20,23H,7-9,14-15H2,1-6H3/t19-,20-,23-,24-,25-,26-/m0/s1. The monoisotopic (exact) mass is 474 g/mol. The van der Waals surface area contributed by atoms with Crippen LogP contribution in [0.5, 0.6) is 0 Å². The van der Waals surface area contributed by atoms with E-state index in [0.717, 1.165) is 5.57 Å². The number of Topliss-reactive ketones (excluding diaryl/α,β-unsaturated/α-hetero) is 1. The van der Waals surface area contributed by atoms with Gasteiger partial charge in [0.2, 0.25) is 0 Å². The number of allylic oxidation sites excluding steroid dienone is 5. The summed E-state index contributed by atoms with van der Waals surface area (Å²) in [6, 6.07) is 0. The molecule has 0 N–H and O–H groups in total. The predicted octanol–water partition coefficient (Wildman–Crippen LogP) is 4.88. The minimum absolute atomic E-state index is 0.0512. The maximum atomic E-state index is 17.8. The highest BCUT2D eigenvalue weighted by molar-refractivity contribution is 6.69. The quantitative estimate of drug-likeness (QED) is 0.419. The third-order valence-electron chi connectivity index (χ3n) is 8.40. The summed E-state index contributed by atoms with van der Waals surface area (Å²) >= 11 is 0. The first kappa shape index (κ1) is 24.3. The molecule has 2 saturated carbocycles. The number of carbonyl (C=O) groups excluding carboxylic acids is 3. The third kappa shape index (κ3) is 3.72. The molecule has 0 aliphatic heterocycles. The summed E-state index contributed by atoms with van der Waals surface area (Å²) in [7, 11) is -2.15. The first-order chi connectivity index (χ1) is 15.2. The smallest absolute Gasteiger partial charge is 0.303 e. The van der Waals surface area contributed by atoms with Gasteiger partial charge in [-0.2, -0.15) is 0 Å². The van der Waals surface area contributed by atoms with Crippen molar-refractivity contribution in [3.63, 3.8) is 0 Å². The van der Waals surface area contributed by atoms with E-state index in [2.05, 4.69) is 26.6 Å². The van der Waals surface area contributed by atoms with Crippen molar-refractivity contribution < 1.29 is 27.9 Å². The zero-order chi connectivity index (χ0) is 24.4. The number of fused-ring (bicyclic) bond motifs is 5.